The summed E-state index contributed by atoms with van der Waals surface area (Å²) in [7, 11) is 0. The average Bonchev–Trinajstić information content (AvgIpc) is 2.54. The summed E-state index contributed by atoms with van der Waals surface area (Å²) in [6.45, 7) is 8.82. The van der Waals surface area contributed by atoms with Gasteiger partial charge in [-0.05, 0) is 57.4 Å². The Morgan fingerprint density at radius 2 is 2.05 bits per heavy atom. The molecule has 1 fully saturated rings. The standard InChI is InChI=1S/C18H31N3/c1-4-12-19-15(3)16-11-13-20-18(14-16)21(5-2)17-9-7-6-8-10-17/h11,13-15,17,19H,4-10,12H2,1-3H3. The lowest BCUT2D eigenvalue weighted by atomic mass is 9.94. The molecule has 0 aliphatic heterocycles. The highest BCUT2D eigenvalue weighted by Gasteiger charge is 2.21. The first kappa shape index (κ1) is 16.3. The minimum Gasteiger partial charge on any atom is -0.354 e. The maximum atomic E-state index is 4.65. The van der Waals surface area contributed by atoms with Crippen LogP contribution in [0.4, 0.5) is 5.82 Å². The van der Waals surface area contributed by atoms with Crippen LogP contribution in [-0.4, -0.2) is 24.1 Å². The summed E-state index contributed by atoms with van der Waals surface area (Å²) in [5, 5.41) is 3.57. The number of rotatable bonds is 7. The molecule has 1 saturated carbocycles. The smallest absolute Gasteiger partial charge is 0.129 e. The van der Waals surface area contributed by atoms with Crippen molar-refractivity contribution < 1.29 is 0 Å². The van der Waals surface area contributed by atoms with Crippen molar-refractivity contribution in [2.75, 3.05) is 18.0 Å². The van der Waals surface area contributed by atoms with Crippen molar-refractivity contribution in [3.8, 4) is 0 Å². The fourth-order valence-corrected chi connectivity index (χ4v) is 3.34. The third kappa shape index (κ3) is 4.44. The zero-order chi connectivity index (χ0) is 15.1. The molecule has 1 atom stereocenters. The summed E-state index contributed by atoms with van der Waals surface area (Å²) in [4.78, 5) is 7.16. The van der Waals surface area contributed by atoms with Crippen LogP contribution in [0.1, 0.15) is 70.9 Å². The van der Waals surface area contributed by atoms with Crippen LogP contribution in [0.2, 0.25) is 0 Å². The van der Waals surface area contributed by atoms with Gasteiger partial charge in [-0.15, -0.1) is 0 Å². The van der Waals surface area contributed by atoms with Crippen LogP contribution < -0.4 is 10.2 Å². The lowest BCUT2D eigenvalue weighted by molar-refractivity contribution is 0.416. The van der Waals surface area contributed by atoms with Crippen molar-refractivity contribution >= 4 is 5.82 Å². The van der Waals surface area contributed by atoms with E-state index in [1.54, 1.807) is 0 Å². The minimum absolute atomic E-state index is 0.400. The second kappa shape index (κ2) is 8.38. The van der Waals surface area contributed by atoms with Crippen molar-refractivity contribution in [2.45, 2.75) is 71.4 Å². The number of nitrogens with one attached hydrogen (secondary N) is 1. The monoisotopic (exact) mass is 289 g/mol. The molecule has 0 radical (unpaired) electrons. The largest absolute Gasteiger partial charge is 0.354 e. The van der Waals surface area contributed by atoms with Crippen LogP contribution in [-0.2, 0) is 0 Å². The van der Waals surface area contributed by atoms with Gasteiger partial charge in [0.1, 0.15) is 5.82 Å². The average molecular weight is 289 g/mol. The molecule has 118 valence electrons. The van der Waals surface area contributed by atoms with Crippen LogP contribution in [0.3, 0.4) is 0 Å². The van der Waals surface area contributed by atoms with Crippen molar-refractivity contribution in [3.05, 3.63) is 23.9 Å². The van der Waals surface area contributed by atoms with E-state index in [9.17, 15) is 0 Å². The molecule has 3 heteroatoms. The number of nitrogens with zero attached hydrogens (tertiary/aromatic N) is 2. The minimum atomic E-state index is 0.400. The summed E-state index contributed by atoms with van der Waals surface area (Å²) >= 11 is 0. The van der Waals surface area contributed by atoms with E-state index in [1.807, 2.05) is 6.20 Å². The van der Waals surface area contributed by atoms with Gasteiger partial charge in [-0.2, -0.15) is 0 Å². The number of aromatic nitrogens is 1. The normalized spacial score (nSPS) is 17.7. The summed E-state index contributed by atoms with van der Waals surface area (Å²) in [6, 6.07) is 5.51. The SMILES string of the molecule is CCCNC(C)c1ccnc(N(CC)C2CCCCC2)c1. The molecule has 1 aromatic heterocycles. The van der Waals surface area contributed by atoms with Gasteiger partial charge in [-0.1, -0.05) is 26.2 Å². The second-order valence-electron chi connectivity index (χ2n) is 6.20. The highest BCUT2D eigenvalue weighted by molar-refractivity contribution is 5.43. The summed E-state index contributed by atoms with van der Waals surface area (Å²) in [6.07, 6.45) is 9.93. The lowest BCUT2D eigenvalue weighted by Gasteiger charge is -2.34. The van der Waals surface area contributed by atoms with Gasteiger partial charge in [0.2, 0.25) is 0 Å². The number of anilines is 1. The molecule has 0 aromatic carbocycles. The molecule has 1 aromatic rings. The number of pyridine rings is 1. The molecule has 0 spiro atoms. The zero-order valence-corrected chi connectivity index (χ0v) is 13.9. The van der Waals surface area contributed by atoms with Gasteiger partial charge in [0.15, 0.2) is 0 Å². The maximum absolute atomic E-state index is 4.65. The van der Waals surface area contributed by atoms with Crippen molar-refractivity contribution in [1.82, 2.24) is 10.3 Å². The van der Waals surface area contributed by atoms with Crippen molar-refractivity contribution in [3.63, 3.8) is 0 Å². The molecule has 0 saturated heterocycles. The Labute approximate surface area is 130 Å². The Hall–Kier alpha value is -1.09. The van der Waals surface area contributed by atoms with Crippen LogP contribution in [0, 0.1) is 0 Å². The van der Waals surface area contributed by atoms with E-state index in [4.69, 9.17) is 0 Å². The van der Waals surface area contributed by atoms with E-state index in [0.29, 0.717) is 12.1 Å². The van der Waals surface area contributed by atoms with Crippen LogP contribution in [0.25, 0.3) is 0 Å². The molecule has 1 heterocycles. The molecule has 0 bridgehead atoms. The Morgan fingerprint density at radius 3 is 2.71 bits per heavy atom. The van der Waals surface area contributed by atoms with Gasteiger partial charge in [0.25, 0.3) is 0 Å². The fourth-order valence-electron chi connectivity index (χ4n) is 3.34. The van der Waals surface area contributed by atoms with Gasteiger partial charge >= 0.3 is 0 Å². The first-order valence-corrected chi connectivity index (χ1v) is 8.72. The van der Waals surface area contributed by atoms with E-state index in [-0.39, 0.29) is 0 Å². The predicted molar refractivity (Wildman–Crippen MR) is 90.8 cm³/mol. The van der Waals surface area contributed by atoms with E-state index < -0.39 is 0 Å². The van der Waals surface area contributed by atoms with Gasteiger partial charge < -0.3 is 10.2 Å². The van der Waals surface area contributed by atoms with E-state index in [2.05, 4.69) is 48.1 Å². The predicted octanol–water partition coefficient (Wildman–Crippen LogP) is 4.30. The maximum Gasteiger partial charge on any atom is 0.129 e. The van der Waals surface area contributed by atoms with Gasteiger partial charge in [0, 0.05) is 24.8 Å². The Balaban J connectivity index is 2.10. The highest BCUT2D eigenvalue weighted by atomic mass is 15.2. The van der Waals surface area contributed by atoms with Crippen LogP contribution in [0.15, 0.2) is 18.3 Å². The molecule has 1 aliphatic rings. The molecular weight excluding hydrogens is 258 g/mol. The molecule has 1 N–H and O–H groups in total. The highest BCUT2D eigenvalue weighted by Crippen LogP contribution is 2.27. The Bertz CT molecular complexity index is 413. The van der Waals surface area contributed by atoms with Gasteiger partial charge in [0.05, 0.1) is 0 Å². The zero-order valence-electron chi connectivity index (χ0n) is 13.9. The topological polar surface area (TPSA) is 28.2 Å². The van der Waals surface area contributed by atoms with E-state index >= 15 is 0 Å². The fraction of sp³-hybridized carbons (Fsp3) is 0.722. The molecule has 0 amide bonds. The first-order valence-electron chi connectivity index (χ1n) is 8.72. The lowest BCUT2D eigenvalue weighted by Crippen LogP contribution is -2.37. The Kier molecular flexibility index (Phi) is 6.50. The quantitative estimate of drug-likeness (QED) is 0.811. The van der Waals surface area contributed by atoms with Crippen molar-refractivity contribution in [2.24, 2.45) is 0 Å². The first-order chi connectivity index (χ1) is 10.3. The Morgan fingerprint density at radius 1 is 1.29 bits per heavy atom. The van der Waals surface area contributed by atoms with Crippen LogP contribution >= 0.6 is 0 Å². The number of hydrogen-bond acceptors (Lipinski definition) is 3. The van der Waals surface area contributed by atoms with Gasteiger partial charge in [-0.3, -0.25) is 0 Å². The molecule has 3 nitrogen and oxygen atoms in total. The van der Waals surface area contributed by atoms with Gasteiger partial charge in [-0.25, -0.2) is 4.98 Å². The van der Waals surface area contributed by atoms with Crippen LogP contribution in [0.5, 0.6) is 0 Å². The second-order valence-corrected chi connectivity index (χ2v) is 6.20. The summed E-state index contributed by atoms with van der Waals surface area (Å²) < 4.78 is 0. The third-order valence-corrected chi connectivity index (χ3v) is 4.62. The summed E-state index contributed by atoms with van der Waals surface area (Å²) in [5.74, 6) is 1.16. The molecule has 21 heavy (non-hydrogen) atoms. The molecule has 1 unspecified atom stereocenters. The van der Waals surface area contributed by atoms with E-state index in [0.717, 1.165) is 18.9 Å². The molecule has 1 aliphatic carbocycles. The van der Waals surface area contributed by atoms with E-state index in [1.165, 1.54) is 44.1 Å². The summed E-state index contributed by atoms with van der Waals surface area (Å²) in [5.41, 5.74) is 1.35. The molecular formula is C18H31N3. The van der Waals surface area contributed by atoms with Crippen molar-refractivity contribution in [1.29, 1.82) is 0 Å². The third-order valence-electron chi connectivity index (χ3n) is 4.62. The number of hydrogen-bond donors (Lipinski definition) is 1. The molecule has 2 rings (SSSR count).